The summed E-state index contributed by atoms with van der Waals surface area (Å²) in [4.78, 5) is 11.0. The van der Waals surface area contributed by atoms with Crippen molar-refractivity contribution < 1.29 is 9.90 Å². The lowest BCUT2D eigenvalue weighted by molar-refractivity contribution is -0.142. The molecule has 1 rings (SSSR count). The maximum atomic E-state index is 11.0. The van der Waals surface area contributed by atoms with Gasteiger partial charge in [0, 0.05) is 11.1 Å². The quantitative estimate of drug-likeness (QED) is 0.749. The number of rotatable bonds is 2. The van der Waals surface area contributed by atoms with Gasteiger partial charge in [-0.3, -0.25) is 4.79 Å². The summed E-state index contributed by atoms with van der Waals surface area (Å²) in [6.45, 7) is 8.21. The highest BCUT2D eigenvalue weighted by Gasteiger charge is 2.42. The van der Waals surface area contributed by atoms with Gasteiger partial charge in [-0.05, 0) is 46.5 Å². The van der Waals surface area contributed by atoms with Crippen LogP contribution < -0.4 is 5.32 Å². The molecular formula is C12H20N2O2. The van der Waals surface area contributed by atoms with Crippen molar-refractivity contribution in [2.75, 3.05) is 0 Å². The molecule has 0 aliphatic carbocycles. The summed E-state index contributed by atoms with van der Waals surface area (Å²) in [5.74, 6) is -1.96. The molecule has 0 aromatic heterocycles. The summed E-state index contributed by atoms with van der Waals surface area (Å²) < 4.78 is 0. The molecule has 0 aromatic carbocycles. The zero-order valence-electron chi connectivity index (χ0n) is 10.4. The number of nitrogens with zero attached hydrogens (tertiary/aromatic N) is 1. The number of aliphatic carboxylic acids is 1. The zero-order chi connectivity index (χ0) is 12.6. The van der Waals surface area contributed by atoms with E-state index >= 15 is 0 Å². The number of nitriles is 1. The molecule has 1 fully saturated rings. The molecule has 0 aromatic rings. The van der Waals surface area contributed by atoms with Crippen LogP contribution in [0.3, 0.4) is 0 Å². The molecule has 4 nitrogen and oxygen atoms in total. The minimum Gasteiger partial charge on any atom is -0.480 e. The Kier molecular flexibility index (Phi) is 3.30. The minimum absolute atomic E-state index is 0.0752. The van der Waals surface area contributed by atoms with E-state index in [2.05, 4.69) is 33.0 Å². The summed E-state index contributed by atoms with van der Waals surface area (Å²) in [7, 11) is 0. The Morgan fingerprint density at radius 3 is 2.12 bits per heavy atom. The first-order valence-corrected chi connectivity index (χ1v) is 5.59. The molecule has 1 atom stereocenters. The van der Waals surface area contributed by atoms with Crippen molar-refractivity contribution in [3.8, 4) is 6.07 Å². The van der Waals surface area contributed by atoms with Crippen LogP contribution in [0.25, 0.3) is 0 Å². The standard InChI is InChI=1S/C12H20N2O2/c1-11(2)5-8(6-12(3,4)14-11)9(7-13)10(15)16/h8-9,14H,5-6H2,1-4H3,(H,15,16). The van der Waals surface area contributed by atoms with Crippen molar-refractivity contribution in [3.63, 3.8) is 0 Å². The van der Waals surface area contributed by atoms with Crippen LogP contribution in [-0.4, -0.2) is 22.2 Å². The first-order chi connectivity index (χ1) is 7.17. The van der Waals surface area contributed by atoms with Crippen molar-refractivity contribution in [2.45, 2.75) is 51.6 Å². The Balaban J connectivity index is 2.90. The van der Waals surface area contributed by atoms with E-state index in [9.17, 15) is 4.79 Å². The third-order valence-electron chi connectivity index (χ3n) is 3.10. The molecule has 1 aliphatic rings. The van der Waals surface area contributed by atoms with Crippen LogP contribution >= 0.6 is 0 Å². The molecule has 2 N–H and O–H groups in total. The second-order valence-corrected chi connectivity index (χ2v) is 6.01. The molecular weight excluding hydrogens is 204 g/mol. The predicted octanol–water partition coefficient (Wildman–Crippen LogP) is 1.77. The molecule has 1 saturated heterocycles. The molecule has 4 heteroatoms. The van der Waals surface area contributed by atoms with E-state index in [1.165, 1.54) is 0 Å². The van der Waals surface area contributed by atoms with Gasteiger partial charge < -0.3 is 10.4 Å². The predicted molar refractivity (Wildman–Crippen MR) is 60.8 cm³/mol. The molecule has 0 spiro atoms. The molecule has 1 unspecified atom stereocenters. The lowest BCUT2D eigenvalue weighted by Crippen LogP contribution is -2.59. The van der Waals surface area contributed by atoms with E-state index in [0.29, 0.717) is 0 Å². The van der Waals surface area contributed by atoms with Crippen molar-refractivity contribution in [1.82, 2.24) is 5.32 Å². The average molecular weight is 224 g/mol. The minimum atomic E-state index is -0.999. The third-order valence-corrected chi connectivity index (χ3v) is 3.10. The van der Waals surface area contributed by atoms with Gasteiger partial charge in [0.25, 0.3) is 0 Å². The van der Waals surface area contributed by atoms with Crippen LogP contribution in [0.4, 0.5) is 0 Å². The van der Waals surface area contributed by atoms with Gasteiger partial charge in [-0.1, -0.05) is 0 Å². The summed E-state index contributed by atoms with van der Waals surface area (Å²) in [6, 6.07) is 1.92. The van der Waals surface area contributed by atoms with E-state index in [1.54, 1.807) is 0 Å². The number of carboxylic acids is 1. The van der Waals surface area contributed by atoms with Gasteiger partial charge in [0.15, 0.2) is 0 Å². The van der Waals surface area contributed by atoms with E-state index < -0.39 is 11.9 Å². The third kappa shape index (κ3) is 2.96. The van der Waals surface area contributed by atoms with Gasteiger partial charge in [-0.15, -0.1) is 0 Å². The first kappa shape index (κ1) is 13.0. The molecule has 1 heterocycles. The molecule has 0 radical (unpaired) electrons. The van der Waals surface area contributed by atoms with Gasteiger partial charge in [0.2, 0.25) is 0 Å². The number of carbonyl (C=O) groups is 1. The van der Waals surface area contributed by atoms with Crippen LogP contribution in [0.1, 0.15) is 40.5 Å². The van der Waals surface area contributed by atoms with Crippen molar-refractivity contribution in [1.29, 1.82) is 5.26 Å². The summed E-state index contributed by atoms with van der Waals surface area (Å²) in [5.41, 5.74) is -0.228. The number of hydrogen-bond donors (Lipinski definition) is 2. The maximum Gasteiger partial charge on any atom is 0.321 e. The van der Waals surface area contributed by atoms with E-state index in [4.69, 9.17) is 10.4 Å². The Labute approximate surface area is 96.6 Å². The number of piperidine rings is 1. The fourth-order valence-electron chi connectivity index (χ4n) is 3.00. The first-order valence-electron chi connectivity index (χ1n) is 5.59. The highest BCUT2D eigenvalue weighted by Crippen LogP contribution is 2.36. The highest BCUT2D eigenvalue weighted by molar-refractivity contribution is 5.73. The molecule has 1 aliphatic heterocycles. The van der Waals surface area contributed by atoms with Gasteiger partial charge in [-0.2, -0.15) is 5.26 Å². The smallest absolute Gasteiger partial charge is 0.321 e. The Bertz CT molecular complexity index is 312. The van der Waals surface area contributed by atoms with Gasteiger partial charge in [0.05, 0.1) is 6.07 Å². The van der Waals surface area contributed by atoms with E-state index in [0.717, 1.165) is 12.8 Å². The zero-order valence-corrected chi connectivity index (χ0v) is 10.4. The Morgan fingerprint density at radius 2 is 1.81 bits per heavy atom. The average Bonchev–Trinajstić information content (AvgIpc) is 1.97. The van der Waals surface area contributed by atoms with Crippen LogP contribution in [0.15, 0.2) is 0 Å². The second kappa shape index (κ2) is 4.06. The van der Waals surface area contributed by atoms with Gasteiger partial charge in [-0.25, -0.2) is 0 Å². The molecule has 0 amide bonds. The lowest BCUT2D eigenvalue weighted by atomic mass is 9.71. The van der Waals surface area contributed by atoms with Crippen LogP contribution in [0.5, 0.6) is 0 Å². The van der Waals surface area contributed by atoms with E-state index in [-0.39, 0.29) is 17.0 Å². The molecule has 16 heavy (non-hydrogen) atoms. The fourth-order valence-corrected chi connectivity index (χ4v) is 3.00. The normalized spacial score (nSPS) is 25.7. The van der Waals surface area contributed by atoms with Crippen molar-refractivity contribution >= 4 is 5.97 Å². The van der Waals surface area contributed by atoms with Gasteiger partial charge in [0.1, 0.15) is 5.92 Å². The number of nitrogens with one attached hydrogen (secondary N) is 1. The lowest BCUT2D eigenvalue weighted by Gasteiger charge is -2.47. The van der Waals surface area contributed by atoms with Crippen molar-refractivity contribution in [3.05, 3.63) is 0 Å². The fraction of sp³-hybridized carbons (Fsp3) is 0.833. The van der Waals surface area contributed by atoms with Gasteiger partial charge >= 0.3 is 5.97 Å². The SMILES string of the molecule is CC1(C)CC(C(C#N)C(=O)O)CC(C)(C)N1. The van der Waals surface area contributed by atoms with E-state index in [1.807, 2.05) is 6.07 Å². The second-order valence-electron chi connectivity index (χ2n) is 6.01. The van der Waals surface area contributed by atoms with Crippen LogP contribution in [0, 0.1) is 23.2 Å². The molecule has 0 bridgehead atoms. The summed E-state index contributed by atoms with van der Waals surface area (Å²) in [5, 5.41) is 21.4. The highest BCUT2D eigenvalue weighted by atomic mass is 16.4. The van der Waals surface area contributed by atoms with Crippen LogP contribution in [-0.2, 0) is 4.79 Å². The summed E-state index contributed by atoms with van der Waals surface area (Å²) in [6.07, 6.45) is 1.45. The number of hydrogen-bond acceptors (Lipinski definition) is 3. The van der Waals surface area contributed by atoms with Crippen molar-refractivity contribution in [2.24, 2.45) is 11.8 Å². The maximum absolute atomic E-state index is 11.0. The largest absolute Gasteiger partial charge is 0.480 e. The number of carboxylic acid groups (broad SMARTS) is 1. The Morgan fingerprint density at radius 1 is 1.38 bits per heavy atom. The molecule has 90 valence electrons. The topological polar surface area (TPSA) is 73.1 Å². The monoisotopic (exact) mass is 224 g/mol. The summed E-state index contributed by atoms with van der Waals surface area (Å²) >= 11 is 0. The molecule has 0 saturated carbocycles. The Hall–Kier alpha value is -1.08. The van der Waals surface area contributed by atoms with Crippen LogP contribution in [0.2, 0.25) is 0 Å².